The quantitative estimate of drug-likeness (QED) is 0.874. The van der Waals surface area contributed by atoms with Crippen LogP contribution >= 0.6 is 0 Å². The van der Waals surface area contributed by atoms with E-state index in [9.17, 15) is 5.11 Å². The predicted molar refractivity (Wildman–Crippen MR) is 89.1 cm³/mol. The Morgan fingerprint density at radius 1 is 1.33 bits per heavy atom. The number of phenols is 1. The summed E-state index contributed by atoms with van der Waals surface area (Å²) in [7, 11) is 2.20. The normalized spacial score (nSPS) is 21.5. The fourth-order valence-corrected chi connectivity index (χ4v) is 3.13. The first kappa shape index (κ1) is 16.1. The van der Waals surface area contributed by atoms with Gasteiger partial charge < -0.3 is 15.3 Å². The third-order valence-corrected chi connectivity index (χ3v) is 4.60. The summed E-state index contributed by atoms with van der Waals surface area (Å²) in [5.74, 6) is 0.396. The molecule has 2 N–H and O–H groups in total. The SMILES string of the molecule is CCNC(C)c1ccc(N2CCN(C)C(CC)C2)cc1O. The van der Waals surface area contributed by atoms with E-state index in [-0.39, 0.29) is 6.04 Å². The van der Waals surface area contributed by atoms with Crippen LogP contribution in [0, 0.1) is 0 Å². The van der Waals surface area contributed by atoms with Gasteiger partial charge in [-0.2, -0.15) is 0 Å². The van der Waals surface area contributed by atoms with E-state index >= 15 is 0 Å². The van der Waals surface area contributed by atoms with Crippen LogP contribution in [-0.4, -0.2) is 49.3 Å². The highest BCUT2D eigenvalue weighted by molar-refractivity contribution is 5.54. The van der Waals surface area contributed by atoms with Crippen molar-refractivity contribution in [1.29, 1.82) is 0 Å². The van der Waals surface area contributed by atoms with Gasteiger partial charge in [0.25, 0.3) is 0 Å². The maximum atomic E-state index is 10.3. The van der Waals surface area contributed by atoms with Gasteiger partial charge in [-0.15, -0.1) is 0 Å². The minimum Gasteiger partial charge on any atom is -0.508 e. The van der Waals surface area contributed by atoms with E-state index in [0.29, 0.717) is 11.8 Å². The fraction of sp³-hybridized carbons (Fsp3) is 0.647. The fourth-order valence-electron chi connectivity index (χ4n) is 3.13. The van der Waals surface area contributed by atoms with Crippen molar-refractivity contribution in [2.45, 2.75) is 39.3 Å². The summed E-state index contributed by atoms with van der Waals surface area (Å²) in [5.41, 5.74) is 2.10. The van der Waals surface area contributed by atoms with Crippen molar-refractivity contribution in [3.63, 3.8) is 0 Å². The summed E-state index contributed by atoms with van der Waals surface area (Å²) in [5, 5.41) is 13.7. The number of rotatable bonds is 5. The first-order valence-corrected chi connectivity index (χ1v) is 8.08. The molecule has 118 valence electrons. The lowest BCUT2D eigenvalue weighted by molar-refractivity contribution is 0.213. The van der Waals surface area contributed by atoms with Crippen LogP contribution in [0.25, 0.3) is 0 Å². The molecule has 21 heavy (non-hydrogen) atoms. The Morgan fingerprint density at radius 2 is 2.10 bits per heavy atom. The van der Waals surface area contributed by atoms with Crippen molar-refractivity contribution in [1.82, 2.24) is 10.2 Å². The van der Waals surface area contributed by atoms with Crippen LogP contribution in [0.5, 0.6) is 5.75 Å². The zero-order chi connectivity index (χ0) is 15.4. The van der Waals surface area contributed by atoms with Gasteiger partial charge in [0.1, 0.15) is 5.75 Å². The molecule has 2 unspecified atom stereocenters. The number of aromatic hydroxyl groups is 1. The molecule has 1 heterocycles. The lowest BCUT2D eigenvalue weighted by atomic mass is 10.0. The Balaban J connectivity index is 2.13. The molecule has 0 aromatic heterocycles. The van der Waals surface area contributed by atoms with Crippen LogP contribution in [0.1, 0.15) is 38.8 Å². The van der Waals surface area contributed by atoms with Gasteiger partial charge in [-0.3, -0.25) is 4.90 Å². The molecule has 1 saturated heterocycles. The lowest BCUT2D eigenvalue weighted by Crippen LogP contribution is -2.51. The average molecular weight is 291 g/mol. The van der Waals surface area contributed by atoms with E-state index in [0.717, 1.165) is 43.9 Å². The molecule has 1 aromatic carbocycles. The number of nitrogens with zero attached hydrogens (tertiary/aromatic N) is 2. The molecular weight excluding hydrogens is 262 g/mol. The third-order valence-electron chi connectivity index (χ3n) is 4.60. The molecule has 0 bridgehead atoms. The zero-order valence-corrected chi connectivity index (χ0v) is 13.8. The number of hydrogen-bond acceptors (Lipinski definition) is 4. The van der Waals surface area contributed by atoms with Gasteiger partial charge >= 0.3 is 0 Å². The number of likely N-dealkylation sites (N-methyl/N-ethyl adjacent to an activating group) is 1. The van der Waals surface area contributed by atoms with Gasteiger partial charge in [0, 0.05) is 49.0 Å². The second kappa shape index (κ2) is 7.14. The summed E-state index contributed by atoms with van der Waals surface area (Å²) in [6.45, 7) is 10.4. The zero-order valence-electron chi connectivity index (χ0n) is 13.8. The lowest BCUT2D eigenvalue weighted by Gasteiger charge is -2.40. The maximum absolute atomic E-state index is 10.3. The van der Waals surface area contributed by atoms with Crippen LogP contribution in [0.4, 0.5) is 5.69 Å². The molecular formula is C17H29N3O. The molecule has 2 rings (SSSR count). The van der Waals surface area contributed by atoms with E-state index in [1.807, 2.05) is 6.07 Å². The molecule has 4 heteroatoms. The molecule has 1 aliphatic rings. The van der Waals surface area contributed by atoms with Gasteiger partial charge in [0.05, 0.1) is 0 Å². The van der Waals surface area contributed by atoms with E-state index in [4.69, 9.17) is 0 Å². The smallest absolute Gasteiger partial charge is 0.122 e. The molecule has 0 saturated carbocycles. The van der Waals surface area contributed by atoms with Crippen LogP contribution in [-0.2, 0) is 0 Å². The highest BCUT2D eigenvalue weighted by Gasteiger charge is 2.23. The Labute approximate surface area is 128 Å². The summed E-state index contributed by atoms with van der Waals surface area (Å²) in [4.78, 5) is 4.81. The van der Waals surface area contributed by atoms with Gasteiger partial charge in [0.15, 0.2) is 0 Å². The minimum atomic E-state index is 0.180. The summed E-state index contributed by atoms with van der Waals surface area (Å²) >= 11 is 0. The van der Waals surface area contributed by atoms with Gasteiger partial charge in [-0.05, 0) is 33.0 Å². The van der Waals surface area contributed by atoms with Crippen LogP contribution in [0.3, 0.4) is 0 Å². The van der Waals surface area contributed by atoms with Crippen molar-refractivity contribution in [2.24, 2.45) is 0 Å². The topological polar surface area (TPSA) is 38.7 Å². The monoisotopic (exact) mass is 291 g/mol. The number of nitrogens with one attached hydrogen (secondary N) is 1. The molecule has 2 atom stereocenters. The Hall–Kier alpha value is -1.26. The second-order valence-electron chi connectivity index (χ2n) is 6.01. The van der Waals surface area contributed by atoms with Crippen molar-refractivity contribution < 1.29 is 5.11 Å². The Morgan fingerprint density at radius 3 is 2.71 bits per heavy atom. The maximum Gasteiger partial charge on any atom is 0.122 e. The van der Waals surface area contributed by atoms with E-state index in [1.54, 1.807) is 0 Å². The number of phenolic OH excluding ortho intramolecular Hbond substituents is 1. The van der Waals surface area contributed by atoms with E-state index < -0.39 is 0 Å². The molecule has 0 amide bonds. The van der Waals surface area contributed by atoms with Crippen LogP contribution in [0.15, 0.2) is 18.2 Å². The summed E-state index contributed by atoms with van der Waals surface area (Å²) < 4.78 is 0. The highest BCUT2D eigenvalue weighted by Crippen LogP contribution is 2.30. The number of hydrogen-bond donors (Lipinski definition) is 2. The molecule has 0 aliphatic carbocycles. The van der Waals surface area contributed by atoms with Gasteiger partial charge in [-0.25, -0.2) is 0 Å². The van der Waals surface area contributed by atoms with Gasteiger partial charge in [0.2, 0.25) is 0 Å². The van der Waals surface area contributed by atoms with Crippen molar-refractivity contribution in [2.75, 3.05) is 38.1 Å². The molecule has 1 aliphatic heterocycles. The standard InChI is InChI=1S/C17H29N3O/c1-5-14-12-20(10-9-19(14)4)15-7-8-16(17(21)11-15)13(3)18-6-2/h7-8,11,13-14,18,21H,5-6,9-10,12H2,1-4H3. The van der Waals surface area contributed by atoms with Gasteiger partial charge in [-0.1, -0.05) is 19.9 Å². The van der Waals surface area contributed by atoms with Crippen molar-refractivity contribution in [3.8, 4) is 5.75 Å². The van der Waals surface area contributed by atoms with Crippen LogP contribution in [0.2, 0.25) is 0 Å². The minimum absolute atomic E-state index is 0.180. The first-order valence-electron chi connectivity index (χ1n) is 8.08. The molecule has 0 radical (unpaired) electrons. The Bertz CT molecular complexity index is 463. The molecule has 0 spiro atoms. The van der Waals surface area contributed by atoms with Crippen molar-refractivity contribution in [3.05, 3.63) is 23.8 Å². The Kier molecular flexibility index (Phi) is 5.48. The number of benzene rings is 1. The van der Waals surface area contributed by atoms with E-state index in [2.05, 4.69) is 55.1 Å². The van der Waals surface area contributed by atoms with Crippen molar-refractivity contribution >= 4 is 5.69 Å². The largest absolute Gasteiger partial charge is 0.508 e. The number of anilines is 1. The predicted octanol–water partition coefficient (Wildman–Crippen LogP) is 2.59. The summed E-state index contributed by atoms with van der Waals surface area (Å²) in [6.07, 6.45) is 1.16. The molecule has 1 aromatic rings. The molecule has 1 fully saturated rings. The average Bonchev–Trinajstić information content (AvgIpc) is 2.47. The highest BCUT2D eigenvalue weighted by atomic mass is 16.3. The number of piperazine rings is 1. The second-order valence-corrected chi connectivity index (χ2v) is 6.01. The molecule has 4 nitrogen and oxygen atoms in total. The third kappa shape index (κ3) is 3.69. The van der Waals surface area contributed by atoms with Crippen LogP contribution < -0.4 is 10.2 Å². The summed E-state index contributed by atoms with van der Waals surface area (Å²) in [6, 6.07) is 6.89. The van der Waals surface area contributed by atoms with E-state index in [1.165, 1.54) is 0 Å². The first-order chi connectivity index (χ1) is 10.1.